The van der Waals surface area contributed by atoms with Crippen LogP contribution >= 0.6 is 0 Å². The molecule has 0 aliphatic carbocycles. The number of rotatable bonds is 7. The Kier molecular flexibility index (Phi) is 12.1. The van der Waals surface area contributed by atoms with Crippen molar-refractivity contribution in [3.63, 3.8) is 0 Å². The molecule has 0 unspecified atom stereocenters. The summed E-state index contributed by atoms with van der Waals surface area (Å²) >= 11 is 0. The van der Waals surface area contributed by atoms with Gasteiger partial charge in [-0.1, -0.05) is 106 Å². The Morgan fingerprint density at radius 3 is 1.34 bits per heavy atom. The molecule has 3 aromatic heterocycles. The zero-order valence-electron chi connectivity index (χ0n) is 33.1. The van der Waals surface area contributed by atoms with Crippen molar-refractivity contribution >= 4 is 54.7 Å². The van der Waals surface area contributed by atoms with Crippen molar-refractivity contribution < 1.29 is 39.1 Å². The molecule has 0 atom stereocenters. The van der Waals surface area contributed by atoms with Crippen molar-refractivity contribution in [2.75, 3.05) is 13.2 Å². The first-order chi connectivity index (χ1) is 29.6. The summed E-state index contributed by atoms with van der Waals surface area (Å²) in [5.41, 5.74) is 7.26. The van der Waals surface area contributed by atoms with Gasteiger partial charge in [0.15, 0.2) is 5.58 Å². The first kappa shape index (κ1) is 40.4. The van der Waals surface area contributed by atoms with Crippen LogP contribution in [-0.4, -0.2) is 53.3 Å². The summed E-state index contributed by atoms with van der Waals surface area (Å²) in [6.07, 6.45) is 0. The number of hydrogen-bond acceptors (Lipinski definition) is 9. The molecule has 11 rings (SSSR count). The van der Waals surface area contributed by atoms with Gasteiger partial charge in [0.2, 0.25) is 5.89 Å². The Balaban J connectivity index is 0.000000127. The molecule has 3 heterocycles. The van der Waals surface area contributed by atoms with Gasteiger partial charge < -0.3 is 19.0 Å². The normalized spacial score (nSPS) is 10.9. The molecule has 303 valence electrons. The van der Waals surface area contributed by atoms with Crippen LogP contribution in [-0.2, 0) is 20.1 Å². The Morgan fingerprint density at radius 1 is 0.508 bits per heavy atom. The van der Waals surface area contributed by atoms with Crippen LogP contribution in [0, 0.1) is 12.1 Å². The molecule has 0 aliphatic rings. The van der Waals surface area contributed by atoms with E-state index in [-0.39, 0.29) is 25.9 Å². The minimum atomic E-state index is 0. The summed E-state index contributed by atoms with van der Waals surface area (Å²) in [5, 5.41) is 32.0. The second-order valence-electron chi connectivity index (χ2n) is 13.4. The molecular formula is C49H37IrN7O4-2. The summed E-state index contributed by atoms with van der Waals surface area (Å²) in [5.74, 6) is 2.28. The van der Waals surface area contributed by atoms with Crippen LogP contribution in [0.2, 0.25) is 0 Å². The first-order valence-electron chi connectivity index (χ1n) is 19.5. The standard InChI is InChI=1S/2C18H14N3O.C13H9NO2.Ir/c2*1-2-22-18-12-11-17(13-7-3-4-8-14(13)18)21-19-15-9-5-6-10-16(15)20-21;15-11-7-3-1-5-9(11)13-14-10-6-2-4-8-12(10)16-13;/h2*3-10,12H,2H2,1H3;1-8,15H;/q2*-1;;. The number of ether oxygens (including phenoxy) is 2. The Bertz CT molecular complexity index is 2990. The monoisotopic (exact) mass is 980 g/mol. The van der Waals surface area contributed by atoms with Gasteiger partial charge in [0.1, 0.15) is 33.3 Å². The third kappa shape index (κ3) is 8.40. The average molecular weight is 980 g/mol. The fraction of sp³-hybridized carbons (Fsp3) is 0.0816. The summed E-state index contributed by atoms with van der Waals surface area (Å²) in [4.78, 5) is 7.60. The van der Waals surface area contributed by atoms with Crippen LogP contribution in [0.3, 0.4) is 0 Å². The van der Waals surface area contributed by atoms with E-state index in [1.165, 1.54) is 0 Å². The van der Waals surface area contributed by atoms with Gasteiger partial charge in [-0.15, -0.1) is 24.3 Å². The van der Waals surface area contributed by atoms with E-state index >= 15 is 0 Å². The summed E-state index contributed by atoms with van der Waals surface area (Å²) in [7, 11) is 0. The molecule has 61 heavy (non-hydrogen) atoms. The molecular weight excluding hydrogens is 943 g/mol. The van der Waals surface area contributed by atoms with Gasteiger partial charge in [-0.3, -0.25) is 0 Å². The first-order valence-corrected chi connectivity index (χ1v) is 19.5. The van der Waals surface area contributed by atoms with Gasteiger partial charge in [0.05, 0.1) is 18.8 Å². The minimum Gasteiger partial charge on any atom is -0.551 e. The number of phenolic OH excluding ortho intramolecular Hbond substituents is 1. The van der Waals surface area contributed by atoms with Crippen LogP contribution in [0.5, 0.6) is 17.2 Å². The minimum absolute atomic E-state index is 0. The molecule has 0 saturated heterocycles. The van der Waals surface area contributed by atoms with E-state index in [4.69, 9.17) is 13.9 Å². The van der Waals surface area contributed by atoms with Gasteiger partial charge >= 0.3 is 0 Å². The molecule has 11 aromatic rings. The number of oxazole rings is 1. The number of aromatic nitrogens is 7. The van der Waals surface area contributed by atoms with Crippen LogP contribution < -0.4 is 9.47 Å². The number of hydrogen-bond donors (Lipinski definition) is 1. The molecule has 1 N–H and O–H groups in total. The number of phenols is 1. The van der Waals surface area contributed by atoms with E-state index in [1.54, 1.807) is 27.8 Å². The molecule has 12 heteroatoms. The van der Waals surface area contributed by atoms with Gasteiger partial charge in [0, 0.05) is 31.6 Å². The summed E-state index contributed by atoms with van der Waals surface area (Å²) in [6, 6.07) is 56.6. The fourth-order valence-corrected chi connectivity index (χ4v) is 6.83. The molecule has 8 aromatic carbocycles. The molecule has 0 amide bonds. The van der Waals surface area contributed by atoms with Crippen LogP contribution in [0.15, 0.2) is 162 Å². The topological polar surface area (TPSA) is 126 Å². The van der Waals surface area contributed by atoms with Gasteiger partial charge in [-0.05, 0) is 73.8 Å². The number of para-hydroxylation sites is 3. The summed E-state index contributed by atoms with van der Waals surface area (Å²) in [6.45, 7) is 5.21. The van der Waals surface area contributed by atoms with Gasteiger partial charge in [-0.2, -0.15) is 42.1 Å². The zero-order chi connectivity index (χ0) is 40.8. The van der Waals surface area contributed by atoms with Crippen molar-refractivity contribution in [3.8, 4) is 40.1 Å². The van der Waals surface area contributed by atoms with Gasteiger partial charge in [-0.25, -0.2) is 4.98 Å². The maximum atomic E-state index is 9.69. The molecule has 0 bridgehead atoms. The maximum absolute atomic E-state index is 9.69. The van der Waals surface area contributed by atoms with E-state index in [0.29, 0.717) is 24.7 Å². The average Bonchev–Trinajstić information content (AvgIpc) is 4.05. The molecule has 0 spiro atoms. The van der Waals surface area contributed by atoms with Gasteiger partial charge in [0.25, 0.3) is 0 Å². The SMILES string of the molecule is CCOc1c[c-]c(-n2nc3ccccc3n2)c2ccccc12.CCOc1c[c-]c(-n2nc3ccccc3n2)c2ccccc12.Oc1ccccc1-c1nc2ccccc2o1.[Ir]. The quantitative estimate of drug-likeness (QED) is 0.155. The molecule has 0 saturated carbocycles. The van der Waals surface area contributed by atoms with Crippen molar-refractivity contribution in [2.45, 2.75) is 13.8 Å². The third-order valence-electron chi connectivity index (χ3n) is 9.58. The molecule has 11 nitrogen and oxygen atoms in total. The number of nitrogens with zero attached hydrogens (tertiary/aromatic N) is 7. The number of aromatic hydroxyl groups is 1. The van der Waals surface area contributed by atoms with Crippen molar-refractivity contribution in [2.24, 2.45) is 0 Å². The van der Waals surface area contributed by atoms with E-state index in [1.807, 2.05) is 153 Å². The van der Waals surface area contributed by atoms with Crippen molar-refractivity contribution in [1.29, 1.82) is 0 Å². The van der Waals surface area contributed by atoms with Crippen LogP contribution in [0.4, 0.5) is 0 Å². The van der Waals surface area contributed by atoms with Crippen LogP contribution in [0.1, 0.15) is 13.8 Å². The zero-order valence-corrected chi connectivity index (χ0v) is 35.5. The number of fused-ring (bicyclic) bond motifs is 5. The smallest absolute Gasteiger partial charge is 0.231 e. The second kappa shape index (κ2) is 18.3. The van der Waals surface area contributed by atoms with E-state index < -0.39 is 0 Å². The largest absolute Gasteiger partial charge is 0.551 e. The fourth-order valence-electron chi connectivity index (χ4n) is 6.83. The Hall–Kier alpha value is -7.40. The maximum Gasteiger partial charge on any atom is 0.231 e. The molecule has 1 radical (unpaired) electrons. The molecule has 0 fully saturated rings. The molecule has 0 aliphatic heterocycles. The van der Waals surface area contributed by atoms with Crippen molar-refractivity contribution in [3.05, 3.63) is 170 Å². The summed E-state index contributed by atoms with van der Waals surface area (Å²) < 4.78 is 16.9. The third-order valence-corrected chi connectivity index (χ3v) is 9.58. The van der Waals surface area contributed by atoms with E-state index in [2.05, 4.69) is 37.5 Å². The van der Waals surface area contributed by atoms with Crippen molar-refractivity contribution in [1.82, 2.24) is 35.0 Å². The Labute approximate surface area is 364 Å². The second-order valence-corrected chi connectivity index (χ2v) is 13.4. The van der Waals surface area contributed by atoms with Crippen LogP contribution in [0.25, 0.3) is 77.5 Å². The van der Waals surface area contributed by atoms with E-state index in [9.17, 15) is 5.11 Å². The predicted molar refractivity (Wildman–Crippen MR) is 234 cm³/mol. The Morgan fingerprint density at radius 2 is 0.902 bits per heavy atom. The number of benzene rings is 8. The predicted octanol–water partition coefficient (Wildman–Crippen LogP) is 10.7. The van der Waals surface area contributed by atoms with E-state index in [0.717, 1.165) is 77.6 Å².